The lowest BCUT2D eigenvalue weighted by Crippen LogP contribution is -1.92. The van der Waals surface area contributed by atoms with Gasteiger partial charge in [0.15, 0.2) is 12.1 Å². The van der Waals surface area contributed by atoms with Gasteiger partial charge in [-0.25, -0.2) is 0 Å². The van der Waals surface area contributed by atoms with E-state index in [9.17, 15) is 4.79 Å². The first-order valence-electron chi connectivity index (χ1n) is 2.14. The van der Waals surface area contributed by atoms with E-state index < -0.39 is 0 Å². The molecule has 1 rings (SSSR count). The standard InChI is InChI=1S/C4H5N3O/c1-7-3-5-6-4(7)2-8/h2-3H,1H3. The number of carbonyl (C=O) groups is 1. The molecule has 0 radical (unpaired) electrons. The van der Waals surface area contributed by atoms with Crippen LogP contribution in [0.5, 0.6) is 0 Å². The van der Waals surface area contributed by atoms with E-state index in [0.29, 0.717) is 12.1 Å². The van der Waals surface area contributed by atoms with Crippen molar-refractivity contribution >= 4 is 6.29 Å². The third-order valence-electron chi connectivity index (χ3n) is 0.852. The summed E-state index contributed by atoms with van der Waals surface area (Å²) in [6, 6.07) is 0. The van der Waals surface area contributed by atoms with Crippen molar-refractivity contribution in [3.8, 4) is 0 Å². The summed E-state index contributed by atoms with van der Waals surface area (Å²) in [7, 11) is 1.71. The molecule has 42 valence electrons. The molecule has 0 bridgehead atoms. The van der Waals surface area contributed by atoms with Gasteiger partial charge in [-0.2, -0.15) is 0 Å². The number of carbonyl (C=O) groups excluding carboxylic acids is 1. The fourth-order valence-electron chi connectivity index (χ4n) is 0.399. The first-order valence-corrected chi connectivity index (χ1v) is 2.14. The zero-order valence-corrected chi connectivity index (χ0v) is 4.40. The highest BCUT2D eigenvalue weighted by atomic mass is 16.1. The van der Waals surface area contributed by atoms with E-state index in [-0.39, 0.29) is 0 Å². The Morgan fingerprint density at radius 2 is 2.62 bits per heavy atom. The first kappa shape index (κ1) is 4.96. The summed E-state index contributed by atoms with van der Waals surface area (Å²) >= 11 is 0. The van der Waals surface area contributed by atoms with Crippen molar-refractivity contribution < 1.29 is 4.79 Å². The number of aromatic nitrogens is 3. The molecule has 8 heavy (non-hydrogen) atoms. The number of aldehydes is 1. The van der Waals surface area contributed by atoms with Crippen LogP contribution >= 0.6 is 0 Å². The average molecular weight is 111 g/mol. The highest BCUT2D eigenvalue weighted by Gasteiger charge is 1.92. The van der Waals surface area contributed by atoms with Gasteiger partial charge < -0.3 is 4.57 Å². The van der Waals surface area contributed by atoms with E-state index in [4.69, 9.17) is 0 Å². The summed E-state index contributed by atoms with van der Waals surface area (Å²) in [5.74, 6) is 0.352. The first-order chi connectivity index (χ1) is 3.84. The van der Waals surface area contributed by atoms with Gasteiger partial charge in [-0.3, -0.25) is 4.79 Å². The van der Waals surface area contributed by atoms with Crippen LogP contribution in [0, 0.1) is 0 Å². The predicted octanol–water partition coefficient (Wildman–Crippen LogP) is -0.372. The van der Waals surface area contributed by atoms with Gasteiger partial charge in [0.25, 0.3) is 0 Å². The van der Waals surface area contributed by atoms with Crippen molar-refractivity contribution in [3.63, 3.8) is 0 Å². The van der Waals surface area contributed by atoms with Gasteiger partial charge in [0, 0.05) is 7.05 Å². The largest absolute Gasteiger partial charge is 0.315 e. The minimum atomic E-state index is 0.352. The molecule has 0 atom stereocenters. The molecule has 0 aliphatic rings. The Kier molecular flexibility index (Phi) is 1.07. The minimum absolute atomic E-state index is 0.352. The third kappa shape index (κ3) is 0.598. The Morgan fingerprint density at radius 1 is 1.88 bits per heavy atom. The molecule has 0 aliphatic heterocycles. The molecular formula is C4H5N3O. The van der Waals surface area contributed by atoms with Crippen molar-refractivity contribution in [2.45, 2.75) is 0 Å². The highest BCUT2D eigenvalue weighted by Crippen LogP contribution is 1.82. The van der Waals surface area contributed by atoms with Crippen molar-refractivity contribution in [2.24, 2.45) is 7.05 Å². The molecule has 0 fully saturated rings. The molecule has 0 saturated carbocycles. The average Bonchev–Trinajstić information content (AvgIpc) is 2.14. The Morgan fingerprint density at radius 3 is 2.88 bits per heavy atom. The van der Waals surface area contributed by atoms with Crippen LogP contribution in [0.3, 0.4) is 0 Å². The zero-order chi connectivity index (χ0) is 5.98. The maximum atomic E-state index is 9.97. The molecule has 0 saturated heterocycles. The molecule has 1 heterocycles. The van der Waals surface area contributed by atoms with Gasteiger partial charge in [-0.05, 0) is 0 Å². The van der Waals surface area contributed by atoms with Gasteiger partial charge in [0.05, 0.1) is 0 Å². The molecule has 4 nitrogen and oxygen atoms in total. The summed E-state index contributed by atoms with van der Waals surface area (Å²) < 4.78 is 1.55. The SMILES string of the molecule is Cn1cnnc1C=O. The number of nitrogens with zero attached hydrogens (tertiary/aromatic N) is 3. The molecule has 4 heteroatoms. The topological polar surface area (TPSA) is 47.8 Å². The number of hydrogen-bond donors (Lipinski definition) is 0. The molecule has 0 unspecified atom stereocenters. The van der Waals surface area contributed by atoms with Gasteiger partial charge in [-0.15, -0.1) is 10.2 Å². The maximum Gasteiger partial charge on any atom is 0.196 e. The van der Waals surface area contributed by atoms with Crippen LogP contribution in [0.15, 0.2) is 6.33 Å². The second-order valence-corrected chi connectivity index (χ2v) is 1.42. The second kappa shape index (κ2) is 1.73. The quantitative estimate of drug-likeness (QED) is 0.464. The molecule has 0 aromatic carbocycles. The summed E-state index contributed by atoms with van der Waals surface area (Å²) in [5, 5.41) is 6.95. The van der Waals surface area contributed by atoms with Crippen LogP contribution in [0.1, 0.15) is 10.6 Å². The van der Waals surface area contributed by atoms with E-state index in [1.165, 1.54) is 6.33 Å². The summed E-state index contributed by atoms with van der Waals surface area (Å²) in [6.07, 6.45) is 2.14. The van der Waals surface area contributed by atoms with Crippen molar-refractivity contribution in [2.75, 3.05) is 0 Å². The fourth-order valence-corrected chi connectivity index (χ4v) is 0.399. The van der Waals surface area contributed by atoms with Crippen LogP contribution in [0.2, 0.25) is 0 Å². The van der Waals surface area contributed by atoms with Gasteiger partial charge in [0.1, 0.15) is 6.33 Å². The number of rotatable bonds is 1. The Hall–Kier alpha value is -1.19. The Labute approximate surface area is 46.1 Å². The zero-order valence-electron chi connectivity index (χ0n) is 4.40. The molecule has 0 N–H and O–H groups in total. The van der Waals surface area contributed by atoms with Crippen LogP contribution in [0.4, 0.5) is 0 Å². The monoisotopic (exact) mass is 111 g/mol. The molecule has 0 amide bonds. The van der Waals surface area contributed by atoms with E-state index in [2.05, 4.69) is 10.2 Å². The van der Waals surface area contributed by atoms with Crippen molar-refractivity contribution in [1.29, 1.82) is 0 Å². The molecule has 1 aromatic rings. The fraction of sp³-hybridized carbons (Fsp3) is 0.250. The van der Waals surface area contributed by atoms with Gasteiger partial charge in [-0.1, -0.05) is 0 Å². The normalized spacial score (nSPS) is 9.12. The van der Waals surface area contributed by atoms with E-state index in [1.54, 1.807) is 11.6 Å². The smallest absolute Gasteiger partial charge is 0.196 e. The lowest BCUT2D eigenvalue weighted by Gasteiger charge is -1.83. The van der Waals surface area contributed by atoms with E-state index in [0.717, 1.165) is 0 Å². The van der Waals surface area contributed by atoms with Crippen LogP contribution in [0.25, 0.3) is 0 Å². The number of aryl methyl sites for hydroxylation is 1. The molecular weight excluding hydrogens is 106 g/mol. The number of hydrogen-bond acceptors (Lipinski definition) is 3. The second-order valence-electron chi connectivity index (χ2n) is 1.42. The molecule has 1 aromatic heterocycles. The highest BCUT2D eigenvalue weighted by molar-refractivity contribution is 5.68. The lowest BCUT2D eigenvalue weighted by atomic mass is 10.7. The van der Waals surface area contributed by atoms with E-state index >= 15 is 0 Å². The Bertz CT molecular complexity index is 193. The van der Waals surface area contributed by atoms with Crippen molar-refractivity contribution in [1.82, 2.24) is 14.8 Å². The van der Waals surface area contributed by atoms with Crippen LogP contribution < -0.4 is 0 Å². The van der Waals surface area contributed by atoms with E-state index in [1.807, 2.05) is 0 Å². The summed E-state index contributed by atoms with van der Waals surface area (Å²) in [4.78, 5) is 9.97. The summed E-state index contributed by atoms with van der Waals surface area (Å²) in [5.41, 5.74) is 0. The summed E-state index contributed by atoms with van der Waals surface area (Å²) in [6.45, 7) is 0. The van der Waals surface area contributed by atoms with Crippen LogP contribution in [-0.4, -0.2) is 21.1 Å². The Balaban J connectivity index is 3.09. The molecule has 0 aliphatic carbocycles. The van der Waals surface area contributed by atoms with Crippen molar-refractivity contribution in [3.05, 3.63) is 12.2 Å². The predicted molar refractivity (Wildman–Crippen MR) is 26.4 cm³/mol. The van der Waals surface area contributed by atoms with Gasteiger partial charge >= 0.3 is 0 Å². The maximum absolute atomic E-state index is 9.97. The minimum Gasteiger partial charge on any atom is -0.315 e. The van der Waals surface area contributed by atoms with Gasteiger partial charge in [0.2, 0.25) is 0 Å². The third-order valence-corrected chi connectivity index (χ3v) is 0.852. The van der Waals surface area contributed by atoms with Crippen LogP contribution in [-0.2, 0) is 7.05 Å². The lowest BCUT2D eigenvalue weighted by molar-refractivity contribution is 0.111. The molecule has 0 spiro atoms.